The number of anilines is 2. The Balaban J connectivity index is 2.25. The van der Waals surface area contributed by atoms with Crippen LogP contribution in [0.1, 0.15) is 10.4 Å². The Kier molecular flexibility index (Phi) is 3.92. The largest absolute Gasteiger partial charge is 0.494 e. The normalized spacial score (nSPS) is 10.0. The number of hydrogen-bond donors (Lipinski definition) is 2. The number of benzene rings is 2. The Morgan fingerprint density at radius 3 is 2.53 bits per heavy atom. The Bertz CT molecular complexity index is 597. The zero-order chi connectivity index (χ0) is 13.8. The predicted octanol–water partition coefficient (Wildman–Crippen LogP) is 3.18. The highest BCUT2D eigenvalue weighted by Gasteiger charge is 2.14. The lowest BCUT2D eigenvalue weighted by molar-refractivity contribution is 0.102. The van der Waals surface area contributed by atoms with Gasteiger partial charge in [0.1, 0.15) is 0 Å². The molecule has 98 valence electrons. The van der Waals surface area contributed by atoms with E-state index in [1.165, 1.54) is 7.11 Å². The molecule has 4 nitrogen and oxygen atoms in total. The van der Waals surface area contributed by atoms with E-state index in [9.17, 15) is 4.79 Å². The van der Waals surface area contributed by atoms with E-state index in [0.717, 1.165) is 0 Å². The minimum Gasteiger partial charge on any atom is -0.494 e. The molecule has 1 amide bonds. The molecular weight excluding hydrogens is 264 g/mol. The van der Waals surface area contributed by atoms with Crippen LogP contribution in [-0.2, 0) is 0 Å². The first-order valence-electron chi connectivity index (χ1n) is 5.61. The fourth-order valence-electron chi connectivity index (χ4n) is 1.69. The number of hydrogen-bond acceptors (Lipinski definition) is 3. The monoisotopic (exact) mass is 276 g/mol. The van der Waals surface area contributed by atoms with Crippen LogP contribution in [0.3, 0.4) is 0 Å². The van der Waals surface area contributed by atoms with Gasteiger partial charge in [-0.15, -0.1) is 0 Å². The predicted molar refractivity (Wildman–Crippen MR) is 76.8 cm³/mol. The van der Waals surface area contributed by atoms with Crippen molar-refractivity contribution in [3.05, 3.63) is 53.1 Å². The van der Waals surface area contributed by atoms with Crippen molar-refractivity contribution in [2.75, 3.05) is 18.2 Å². The van der Waals surface area contributed by atoms with E-state index in [0.29, 0.717) is 27.7 Å². The molecule has 0 bridgehead atoms. The van der Waals surface area contributed by atoms with Gasteiger partial charge in [0.05, 0.1) is 18.4 Å². The van der Waals surface area contributed by atoms with Gasteiger partial charge < -0.3 is 15.8 Å². The van der Waals surface area contributed by atoms with Crippen LogP contribution in [0.5, 0.6) is 5.75 Å². The van der Waals surface area contributed by atoms with Crippen molar-refractivity contribution in [2.45, 2.75) is 0 Å². The number of amides is 1. The molecule has 0 aromatic heterocycles. The van der Waals surface area contributed by atoms with Crippen LogP contribution >= 0.6 is 11.6 Å². The number of ether oxygens (including phenoxy) is 1. The topological polar surface area (TPSA) is 64.3 Å². The first-order chi connectivity index (χ1) is 9.11. The molecule has 3 N–H and O–H groups in total. The second-order valence-electron chi connectivity index (χ2n) is 3.89. The van der Waals surface area contributed by atoms with Crippen LogP contribution < -0.4 is 15.8 Å². The van der Waals surface area contributed by atoms with Gasteiger partial charge in [-0.25, -0.2) is 0 Å². The highest BCUT2D eigenvalue weighted by atomic mass is 35.5. The van der Waals surface area contributed by atoms with Crippen LogP contribution in [0.4, 0.5) is 11.4 Å². The molecule has 5 heteroatoms. The number of nitrogens with one attached hydrogen (secondary N) is 1. The third kappa shape index (κ3) is 2.98. The van der Waals surface area contributed by atoms with Crippen molar-refractivity contribution >= 4 is 28.9 Å². The van der Waals surface area contributed by atoms with Gasteiger partial charge in [0.25, 0.3) is 5.91 Å². The number of nitrogen functional groups attached to an aromatic ring is 1. The first kappa shape index (κ1) is 13.2. The minimum absolute atomic E-state index is 0.286. The van der Waals surface area contributed by atoms with E-state index in [4.69, 9.17) is 22.1 Å². The molecular formula is C14H13ClN2O2. The summed E-state index contributed by atoms with van der Waals surface area (Å²) in [6.45, 7) is 0. The molecule has 0 saturated carbocycles. The highest BCUT2D eigenvalue weighted by Crippen LogP contribution is 2.26. The van der Waals surface area contributed by atoms with Crippen LogP contribution in [0.25, 0.3) is 0 Å². The van der Waals surface area contributed by atoms with Crippen molar-refractivity contribution in [3.8, 4) is 5.75 Å². The second-order valence-corrected chi connectivity index (χ2v) is 4.33. The molecule has 0 fully saturated rings. The average molecular weight is 277 g/mol. The molecule has 0 unspecified atom stereocenters. The summed E-state index contributed by atoms with van der Waals surface area (Å²) in [5.74, 6) is 0.0837. The van der Waals surface area contributed by atoms with Crippen LogP contribution in [-0.4, -0.2) is 13.0 Å². The van der Waals surface area contributed by atoms with Gasteiger partial charge in [0.15, 0.2) is 5.75 Å². The summed E-state index contributed by atoms with van der Waals surface area (Å²) in [5.41, 5.74) is 7.22. The number of halogens is 1. The molecule has 2 rings (SSSR count). The smallest absolute Gasteiger partial charge is 0.259 e. The fourth-order valence-corrected chi connectivity index (χ4v) is 1.82. The fraction of sp³-hybridized carbons (Fsp3) is 0.0714. The molecule has 2 aromatic rings. The van der Waals surface area contributed by atoms with Crippen molar-refractivity contribution in [2.24, 2.45) is 0 Å². The maximum Gasteiger partial charge on any atom is 0.259 e. The molecule has 0 aliphatic heterocycles. The third-order valence-corrected chi connectivity index (χ3v) is 2.85. The van der Waals surface area contributed by atoms with Gasteiger partial charge in [-0.3, -0.25) is 4.79 Å². The molecule has 0 spiro atoms. The Morgan fingerprint density at radius 1 is 1.21 bits per heavy atom. The van der Waals surface area contributed by atoms with Crippen LogP contribution in [0, 0.1) is 0 Å². The van der Waals surface area contributed by atoms with Crippen molar-refractivity contribution < 1.29 is 9.53 Å². The number of carbonyl (C=O) groups is 1. The molecule has 0 heterocycles. The Hall–Kier alpha value is -2.20. The lowest BCUT2D eigenvalue weighted by Gasteiger charge is -2.11. The van der Waals surface area contributed by atoms with Crippen LogP contribution in [0.15, 0.2) is 42.5 Å². The molecule has 0 radical (unpaired) electrons. The summed E-state index contributed by atoms with van der Waals surface area (Å²) in [4.78, 5) is 12.2. The van der Waals surface area contributed by atoms with E-state index in [1.807, 2.05) is 0 Å². The van der Waals surface area contributed by atoms with Gasteiger partial charge >= 0.3 is 0 Å². The summed E-state index contributed by atoms with van der Waals surface area (Å²) >= 11 is 5.78. The minimum atomic E-state index is -0.286. The number of rotatable bonds is 3. The maximum atomic E-state index is 12.2. The Morgan fingerprint density at radius 2 is 1.89 bits per heavy atom. The maximum absolute atomic E-state index is 12.2. The number of methoxy groups -OCH3 is 1. The van der Waals surface area contributed by atoms with E-state index < -0.39 is 0 Å². The zero-order valence-electron chi connectivity index (χ0n) is 10.3. The SMILES string of the molecule is COc1c(N)cccc1C(=O)Nc1ccc(Cl)cc1. The molecule has 0 saturated heterocycles. The van der Waals surface area contributed by atoms with Gasteiger partial charge in [-0.2, -0.15) is 0 Å². The Labute approximate surface area is 116 Å². The van der Waals surface area contributed by atoms with Crippen molar-refractivity contribution in [1.29, 1.82) is 0 Å². The number of carbonyl (C=O) groups excluding carboxylic acids is 1. The summed E-state index contributed by atoms with van der Waals surface area (Å²) in [6.07, 6.45) is 0. The highest BCUT2D eigenvalue weighted by molar-refractivity contribution is 6.30. The van der Waals surface area contributed by atoms with Crippen LogP contribution in [0.2, 0.25) is 5.02 Å². The molecule has 0 aliphatic carbocycles. The van der Waals surface area contributed by atoms with Crippen molar-refractivity contribution in [3.63, 3.8) is 0 Å². The molecule has 0 atom stereocenters. The summed E-state index contributed by atoms with van der Waals surface area (Å²) < 4.78 is 5.15. The van der Waals surface area contributed by atoms with E-state index in [2.05, 4.69) is 5.32 Å². The van der Waals surface area contributed by atoms with Crippen molar-refractivity contribution in [1.82, 2.24) is 0 Å². The summed E-state index contributed by atoms with van der Waals surface area (Å²) in [7, 11) is 1.48. The number of para-hydroxylation sites is 1. The average Bonchev–Trinajstić information content (AvgIpc) is 2.41. The second kappa shape index (κ2) is 5.63. The molecule has 2 aromatic carbocycles. The summed E-state index contributed by atoms with van der Waals surface area (Å²) in [6, 6.07) is 11.9. The van der Waals surface area contributed by atoms with Gasteiger partial charge in [-0.05, 0) is 36.4 Å². The van der Waals surface area contributed by atoms with Gasteiger partial charge in [0, 0.05) is 10.7 Å². The summed E-state index contributed by atoms with van der Waals surface area (Å²) in [5, 5.41) is 3.36. The third-order valence-electron chi connectivity index (χ3n) is 2.60. The standard InChI is InChI=1S/C14H13ClN2O2/c1-19-13-11(3-2-4-12(13)16)14(18)17-10-7-5-9(15)6-8-10/h2-8H,16H2,1H3,(H,17,18). The quantitative estimate of drug-likeness (QED) is 0.846. The van der Waals surface area contributed by atoms with Gasteiger partial charge in [0.2, 0.25) is 0 Å². The van der Waals surface area contributed by atoms with E-state index >= 15 is 0 Å². The van der Waals surface area contributed by atoms with E-state index in [1.54, 1.807) is 42.5 Å². The first-order valence-corrected chi connectivity index (χ1v) is 5.99. The lowest BCUT2D eigenvalue weighted by atomic mass is 10.1. The number of nitrogens with two attached hydrogens (primary N) is 1. The van der Waals surface area contributed by atoms with Gasteiger partial charge in [-0.1, -0.05) is 17.7 Å². The molecule has 0 aliphatic rings. The zero-order valence-corrected chi connectivity index (χ0v) is 11.1. The van der Waals surface area contributed by atoms with E-state index in [-0.39, 0.29) is 5.91 Å². The lowest BCUT2D eigenvalue weighted by Crippen LogP contribution is -2.13. The molecule has 19 heavy (non-hydrogen) atoms.